The zero-order chi connectivity index (χ0) is 18.0. The molecule has 0 aliphatic rings. The minimum atomic E-state index is -0.142. The van der Waals surface area contributed by atoms with Crippen LogP contribution in [0.1, 0.15) is 30.9 Å². The van der Waals surface area contributed by atoms with Gasteiger partial charge in [-0.2, -0.15) is 4.99 Å². The van der Waals surface area contributed by atoms with Gasteiger partial charge in [0.15, 0.2) is 4.80 Å². The number of hydrogen-bond acceptors (Lipinski definition) is 3. The third-order valence-electron chi connectivity index (χ3n) is 4.23. The van der Waals surface area contributed by atoms with E-state index >= 15 is 0 Å². The molecule has 3 aromatic rings. The highest BCUT2D eigenvalue weighted by atomic mass is 32.1. The molecule has 0 fully saturated rings. The minimum Gasteiger partial charge on any atom is -0.497 e. The Labute approximate surface area is 151 Å². The number of carbonyl (C=O) groups is 1. The molecule has 4 nitrogen and oxygen atoms in total. The van der Waals surface area contributed by atoms with Gasteiger partial charge in [-0.25, -0.2) is 0 Å². The monoisotopic (exact) mass is 354 g/mol. The lowest BCUT2D eigenvalue weighted by Crippen LogP contribution is -2.14. The topological polar surface area (TPSA) is 43.6 Å². The molecule has 1 amide bonds. The molecule has 130 valence electrons. The Balaban J connectivity index is 1.88. The van der Waals surface area contributed by atoms with Gasteiger partial charge >= 0.3 is 0 Å². The van der Waals surface area contributed by atoms with Gasteiger partial charge < -0.3 is 9.30 Å². The average molecular weight is 354 g/mol. The summed E-state index contributed by atoms with van der Waals surface area (Å²) in [5.74, 6) is 1.12. The van der Waals surface area contributed by atoms with E-state index in [4.69, 9.17) is 4.74 Å². The van der Waals surface area contributed by atoms with Gasteiger partial charge in [-0.15, -0.1) is 0 Å². The van der Waals surface area contributed by atoms with E-state index < -0.39 is 0 Å². The molecule has 0 radical (unpaired) electrons. The Hall–Kier alpha value is -2.40. The second kappa shape index (κ2) is 7.23. The number of nitrogens with zero attached hydrogens (tertiary/aromatic N) is 2. The minimum absolute atomic E-state index is 0.142. The van der Waals surface area contributed by atoms with Crippen LogP contribution in [0.3, 0.4) is 0 Å². The third-order valence-corrected chi connectivity index (χ3v) is 5.33. The van der Waals surface area contributed by atoms with Crippen molar-refractivity contribution in [3.63, 3.8) is 0 Å². The van der Waals surface area contributed by atoms with Crippen molar-refractivity contribution < 1.29 is 9.53 Å². The lowest BCUT2D eigenvalue weighted by atomic mass is 10.0. The van der Waals surface area contributed by atoms with E-state index in [1.807, 2.05) is 35.9 Å². The highest BCUT2D eigenvalue weighted by Gasteiger charge is 2.08. The lowest BCUT2D eigenvalue weighted by molar-refractivity contribution is -0.117. The van der Waals surface area contributed by atoms with Gasteiger partial charge in [0.2, 0.25) is 0 Å². The van der Waals surface area contributed by atoms with Crippen molar-refractivity contribution in [3.8, 4) is 5.75 Å². The fourth-order valence-corrected chi connectivity index (χ4v) is 3.76. The number of fused-ring (bicyclic) bond motifs is 1. The average Bonchev–Trinajstić information content (AvgIpc) is 2.90. The van der Waals surface area contributed by atoms with Gasteiger partial charge in [-0.3, -0.25) is 4.79 Å². The quantitative estimate of drug-likeness (QED) is 0.710. The van der Waals surface area contributed by atoms with Crippen LogP contribution in [0.4, 0.5) is 0 Å². The first-order chi connectivity index (χ1) is 12.0. The number of benzene rings is 2. The number of amides is 1. The van der Waals surface area contributed by atoms with Crippen LogP contribution in [0.25, 0.3) is 10.2 Å². The second-order valence-corrected chi connectivity index (χ2v) is 7.37. The maximum atomic E-state index is 12.3. The molecule has 0 aliphatic carbocycles. The molecule has 0 N–H and O–H groups in total. The normalized spacial score (nSPS) is 12.1. The summed E-state index contributed by atoms with van der Waals surface area (Å²) in [4.78, 5) is 17.4. The van der Waals surface area contributed by atoms with Crippen molar-refractivity contribution in [2.24, 2.45) is 12.0 Å². The smallest absolute Gasteiger partial charge is 0.252 e. The maximum absolute atomic E-state index is 12.3. The van der Waals surface area contributed by atoms with Crippen LogP contribution in [0.15, 0.2) is 47.5 Å². The van der Waals surface area contributed by atoms with E-state index in [2.05, 4.69) is 37.0 Å². The van der Waals surface area contributed by atoms with Crippen LogP contribution in [-0.4, -0.2) is 17.6 Å². The standard InChI is InChI=1S/C20H22N2O2S/c1-13(2)15-7-10-17-18(12-15)25-20(22(17)3)21-19(23)11-14-5-8-16(24-4)9-6-14/h5-10,12-13H,11H2,1-4H3. The second-order valence-electron chi connectivity index (χ2n) is 6.36. The Morgan fingerprint density at radius 3 is 2.56 bits per heavy atom. The molecule has 0 spiro atoms. The summed E-state index contributed by atoms with van der Waals surface area (Å²) in [6, 6.07) is 13.9. The number of aryl methyl sites for hydroxylation is 1. The fourth-order valence-electron chi connectivity index (χ4n) is 2.68. The van der Waals surface area contributed by atoms with E-state index in [1.54, 1.807) is 18.4 Å². The highest BCUT2D eigenvalue weighted by molar-refractivity contribution is 7.16. The summed E-state index contributed by atoms with van der Waals surface area (Å²) >= 11 is 1.56. The zero-order valence-corrected chi connectivity index (χ0v) is 15.8. The molecule has 0 saturated heterocycles. The molecule has 1 heterocycles. The van der Waals surface area contributed by atoms with Crippen molar-refractivity contribution in [1.29, 1.82) is 0 Å². The third kappa shape index (κ3) is 3.82. The largest absolute Gasteiger partial charge is 0.497 e. The number of aromatic nitrogens is 1. The molecule has 0 bridgehead atoms. The van der Waals surface area contributed by atoms with Gasteiger partial charge in [0.05, 0.1) is 23.7 Å². The number of rotatable bonds is 4. The zero-order valence-electron chi connectivity index (χ0n) is 14.9. The van der Waals surface area contributed by atoms with Crippen LogP contribution in [0, 0.1) is 0 Å². The number of methoxy groups -OCH3 is 1. The summed E-state index contributed by atoms with van der Waals surface area (Å²) < 4.78 is 8.27. The van der Waals surface area contributed by atoms with Crippen molar-refractivity contribution >= 4 is 27.5 Å². The summed E-state index contributed by atoms with van der Waals surface area (Å²) in [7, 11) is 3.58. The van der Waals surface area contributed by atoms with Crippen LogP contribution < -0.4 is 9.54 Å². The lowest BCUT2D eigenvalue weighted by Gasteiger charge is -2.04. The SMILES string of the molecule is COc1ccc(CC(=O)N=c2sc3cc(C(C)C)ccc3n2C)cc1. The molecule has 0 atom stereocenters. The summed E-state index contributed by atoms with van der Waals surface area (Å²) in [6.07, 6.45) is 0.287. The highest BCUT2D eigenvalue weighted by Crippen LogP contribution is 2.23. The predicted octanol–water partition coefficient (Wildman–Crippen LogP) is 4.04. The molecule has 3 rings (SSSR count). The number of thiazole rings is 1. The Morgan fingerprint density at radius 1 is 1.20 bits per heavy atom. The van der Waals surface area contributed by atoms with E-state index in [9.17, 15) is 4.79 Å². The van der Waals surface area contributed by atoms with E-state index in [0.717, 1.165) is 26.3 Å². The first kappa shape index (κ1) is 17.4. The molecule has 25 heavy (non-hydrogen) atoms. The van der Waals surface area contributed by atoms with Crippen molar-refractivity contribution in [1.82, 2.24) is 4.57 Å². The maximum Gasteiger partial charge on any atom is 0.252 e. The van der Waals surface area contributed by atoms with Crippen molar-refractivity contribution in [2.45, 2.75) is 26.2 Å². The van der Waals surface area contributed by atoms with Crippen LogP contribution in [-0.2, 0) is 18.3 Å². The van der Waals surface area contributed by atoms with E-state index in [-0.39, 0.29) is 12.3 Å². The molecular formula is C20H22N2O2S. The van der Waals surface area contributed by atoms with Crippen molar-refractivity contribution in [2.75, 3.05) is 7.11 Å². The van der Waals surface area contributed by atoms with Gasteiger partial charge in [-0.05, 0) is 41.3 Å². The number of carbonyl (C=O) groups excluding carboxylic acids is 1. The molecule has 0 aliphatic heterocycles. The number of hydrogen-bond donors (Lipinski definition) is 0. The summed E-state index contributed by atoms with van der Waals surface area (Å²) in [5, 5.41) is 0. The van der Waals surface area contributed by atoms with Gasteiger partial charge in [0, 0.05) is 7.05 Å². The molecule has 0 unspecified atom stereocenters. The summed E-state index contributed by atoms with van der Waals surface area (Å²) in [6.45, 7) is 4.36. The van der Waals surface area contributed by atoms with Crippen LogP contribution in [0.5, 0.6) is 5.75 Å². The van der Waals surface area contributed by atoms with E-state index in [0.29, 0.717) is 5.92 Å². The first-order valence-electron chi connectivity index (χ1n) is 8.28. The van der Waals surface area contributed by atoms with Gasteiger partial charge in [0.1, 0.15) is 5.75 Å². The van der Waals surface area contributed by atoms with Crippen LogP contribution in [0.2, 0.25) is 0 Å². The Kier molecular flexibility index (Phi) is 5.04. The molecule has 1 aromatic heterocycles. The molecule has 0 saturated carbocycles. The van der Waals surface area contributed by atoms with Gasteiger partial charge in [-0.1, -0.05) is 43.4 Å². The summed E-state index contributed by atoms with van der Waals surface area (Å²) in [5.41, 5.74) is 3.33. The van der Waals surface area contributed by atoms with Crippen molar-refractivity contribution in [3.05, 3.63) is 58.4 Å². The fraction of sp³-hybridized carbons (Fsp3) is 0.300. The molecule has 2 aromatic carbocycles. The Bertz CT molecular complexity index is 966. The first-order valence-corrected chi connectivity index (χ1v) is 9.09. The van der Waals surface area contributed by atoms with E-state index in [1.165, 1.54) is 5.56 Å². The Morgan fingerprint density at radius 2 is 1.92 bits per heavy atom. The van der Waals surface area contributed by atoms with Crippen LogP contribution >= 0.6 is 11.3 Å². The number of ether oxygens (including phenoxy) is 1. The van der Waals surface area contributed by atoms with Gasteiger partial charge in [0.25, 0.3) is 5.91 Å². The molecule has 5 heteroatoms. The predicted molar refractivity (Wildman–Crippen MR) is 102 cm³/mol. The molecular weight excluding hydrogens is 332 g/mol.